The standard InChI is InChI=1S/C8H18N2O4S/c11-6-2-1-3-9-15(12,13)10-4-7-14-8-5-10/h9,11H,1-8H2. The smallest absolute Gasteiger partial charge is 0.279 e. The first-order valence-electron chi connectivity index (χ1n) is 5.10. The van der Waals surface area contributed by atoms with Gasteiger partial charge >= 0.3 is 0 Å². The highest BCUT2D eigenvalue weighted by atomic mass is 32.2. The Hall–Kier alpha value is -0.210. The van der Waals surface area contributed by atoms with Crippen molar-refractivity contribution in [1.82, 2.24) is 9.03 Å². The fraction of sp³-hybridized carbons (Fsp3) is 1.00. The van der Waals surface area contributed by atoms with E-state index in [1.807, 2.05) is 0 Å². The van der Waals surface area contributed by atoms with Crippen molar-refractivity contribution in [2.75, 3.05) is 39.5 Å². The number of hydrogen-bond acceptors (Lipinski definition) is 4. The van der Waals surface area contributed by atoms with E-state index in [0.29, 0.717) is 45.7 Å². The van der Waals surface area contributed by atoms with E-state index in [0.717, 1.165) is 0 Å². The van der Waals surface area contributed by atoms with Gasteiger partial charge in [0, 0.05) is 26.2 Å². The molecule has 0 aromatic rings. The number of hydrogen-bond donors (Lipinski definition) is 2. The molecular formula is C8H18N2O4S. The Morgan fingerprint density at radius 3 is 2.53 bits per heavy atom. The first-order chi connectivity index (χ1) is 7.17. The highest BCUT2D eigenvalue weighted by molar-refractivity contribution is 7.87. The molecule has 0 bridgehead atoms. The lowest BCUT2D eigenvalue weighted by Gasteiger charge is -2.26. The van der Waals surface area contributed by atoms with Crippen LogP contribution in [0.4, 0.5) is 0 Å². The van der Waals surface area contributed by atoms with Crippen molar-refractivity contribution >= 4 is 10.2 Å². The number of nitrogens with zero attached hydrogens (tertiary/aromatic N) is 1. The third kappa shape index (κ3) is 4.43. The van der Waals surface area contributed by atoms with Gasteiger partial charge in [-0.05, 0) is 12.8 Å². The molecule has 0 unspecified atom stereocenters. The summed E-state index contributed by atoms with van der Waals surface area (Å²) in [5.74, 6) is 0. The Bertz CT molecular complexity index is 262. The Labute approximate surface area is 90.4 Å². The summed E-state index contributed by atoms with van der Waals surface area (Å²) in [4.78, 5) is 0. The maximum absolute atomic E-state index is 11.6. The molecule has 1 aliphatic heterocycles. The first-order valence-corrected chi connectivity index (χ1v) is 6.54. The SMILES string of the molecule is O=S(=O)(NCCCCO)N1CCOCC1. The maximum Gasteiger partial charge on any atom is 0.279 e. The number of morpholine rings is 1. The summed E-state index contributed by atoms with van der Waals surface area (Å²) in [6, 6.07) is 0. The summed E-state index contributed by atoms with van der Waals surface area (Å²) >= 11 is 0. The number of rotatable bonds is 6. The summed E-state index contributed by atoms with van der Waals surface area (Å²) in [7, 11) is -3.34. The maximum atomic E-state index is 11.6. The molecule has 1 aliphatic rings. The molecule has 6 nitrogen and oxygen atoms in total. The van der Waals surface area contributed by atoms with Crippen LogP contribution in [0.1, 0.15) is 12.8 Å². The number of unbranched alkanes of at least 4 members (excludes halogenated alkanes) is 1. The lowest BCUT2D eigenvalue weighted by molar-refractivity contribution is 0.0725. The average Bonchev–Trinajstić information content (AvgIpc) is 2.26. The molecule has 0 amide bonds. The van der Waals surface area contributed by atoms with Crippen molar-refractivity contribution in [1.29, 1.82) is 0 Å². The Morgan fingerprint density at radius 2 is 1.93 bits per heavy atom. The van der Waals surface area contributed by atoms with Crippen LogP contribution >= 0.6 is 0 Å². The minimum atomic E-state index is -3.34. The zero-order valence-corrected chi connectivity index (χ0v) is 9.50. The predicted octanol–water partition coefficient (Wildman–Crippen LogP) is -1.07. The summed E-state index contributed by atoms with van der Waals surface area (Å²) in [5.41, 5.74) is 0. The van der Waals surface area contributed by atoms with Crippen molar-refractivity contribution in [3.63, 3.8) is 0 Å². The number of aliphatic hydroxyl groups is 1. The zero-order valence-electron chi connectivity index (χ0n) is 8.68. The van der Waals surface area contributed by atoms with E-state index in [1.165, 1.54) is 4.31 Å². The molecule has 1 rings (SSSR count). The molecule has 15 heavy (non-hydrogen) atoms. The molecule has 0 saturated carbocycles. The molecule has 0 aromatic heterocycles. The lowest BCUT2D eigenvalue weighted by atomic mass is 10.3. The second-order valence-electron chi connectivity index (χ2n) is 3.34. The van der Waals surface area contributed by atoms with Crippen molar-refractivity contribution in [3.8, 4) is 0 Å². The van der Waals surface area contributed by atoms with Gasteiger partial charge in [0.25, 0.3) is 10.2 Å². The molecule has 0 atom stereocenters. The summed E-state index contributed by atoms with van der Waals surface area (Å²) < 4.78 is 32.2. The number of ether oxygens (including phenoxy) is 1. The van der Waals surface area contributed by atoms with Crippen LogP contribution in [0.15, 0.2) is 0 Å². The third-order valence-electron chi connectivity index (χ3n) is 2.18. The molecular weight excluding hydrogens is 220 g/mol. The number of nitrogens with one attached hydrogen (secondary N) is 1. The van der Waals surface area contributed by atoms with E-state index in [-0.39, 0.29) is 6.61 Å². The Kier molecular flexibility index (Phi) is 5.48. The van der Waals surface area contributed by atoms with Crippen molar-refractivity contribution in [3.05, 3.63) is 0 Å². The average molecular weight is 238 g/mol. The van der Waals surface area contributed by atoms with Gasteiger partial charge in [0.2, 0.25) is 0 Å². The Morgan fingerprint density at radius 1 is 1.27 bits per heavy atom. The molecule has 0 radical (unpaired) electrons. The van der Waals surface area contributed by atoms with Gasteiger partial charge in [0.05, 0.1) is 13.2 Å². The quantitative estimate of drug-likeness (QED) is 0.577. The van der Waals surface area contributed by atoms with Crippen LogP contribution in [0.5, 0.6) is 0 Å². The molecule has 0 spiro atoms. The van der Waals surface area contributed by atoms with Gasteiger partial charge in [-0.15, -0.1) is 0 Å². The summed E-state index contributed by atoms with van der Waals surface area (Å²) in [6.45, 7) is 2.21. The monoisotopic (exact) mass is 238 g/mol. The minimum Gasteiger partial charge on any atom is -0.396 e. The lowest BCUT2D eigenvalue weighted by Crippen LogP contribution is -2.46. The molecule has 0 aliphatic carbocycles. The van der Waals surface area contributed by atoms with Gasteiger partial charge in [-0.2, -0.15) is 12.7 Å². The van der Waals surface area contributed by atoms with Gasteiger partial charge in [-0.1, -0.05) is 0 Å². The molecule has 7 heteroatoms. The van der Waals surface area contributed by atoms with E-state index in [1.54, 1.807) is 0 Å². The van der Waals surface area contributed by atoms with E-state index in [2.05, 4.69) is 4.72 Å². The fourth-order valence-electron chi connectivity index (χ4n) is 1.32. The van der Waals surface area contributed by atoms with Crippen LogP contribution in [0.25, 0.3) is 0 Å². The van der Waals surface area contributed by atoms with Gasteiger partial charge in [0.15, 0.2) is 0 Å². The van der Waals surface area contributed by atoms with Gasteiger partial charge in [-0.3, -0.25) is 0 Å². The van der Waals surface area contributed by atoms with Gasteiger partial charge < -0.3 is 9.84 Å². The zero-order chi connectivity index (χ0) is 11.1. The largest absolute Gasteiger partial charge is 0.396 e. The van der Waals surface area contributed by atoms with Gasteiger partial charge in [0.1, 0.15) is 0 Å². The molecule has 90 valence electrons. The normalized spacial score (nSPS) is 19.3. The van der Waals surface area contributed by atoms with E-state index in [9.17, 15) is 8.42 Å². The van der Waals surface area contributed by atoms with Crippen molar-refractivity contribution in [2.24, 2.45) is 0 Å². The summed E-state index contributed by atoms with van der Waals surface area (Å²) in [6.07, 6.45) is 1.27. The molecule has 2 N–H and O–H groups in total. The molecule has 1 fully saturated rings. The van der Waals surface area contributed by atoms with Crippen LogP contribution < -0.4 is 4.72 Å². The third-order valence-corrected chi connectivity index (χ3v) is 3.79. The Balaban J connectivity index is 2.30. The molecule has 1 heterocycles. The molecule has 1 saturated heterocycles. The highest BCUT2D eigenvalue weighted by Crippen LogP contribution is 2.02. The number of aliphatic hydroxyl groups excluding tert-OH is 1. The van der Waals surface area contributed by atoms with Gasteiger partial charge in [-0.25, -0.2) is 4.72 Å². The molecule has 0 aromatic carbocycles. The predicted molar refractivity (Wildman–Crippen MR) is 55.6 cm³/mol. The van der Waals surface area contributed by atoms with Crippen molar-refractivity contribution < 1.29 is 18.3 Å². The summed E-state index contributed by atoms with van der Waals surface area (Å²) in [5, 5.41) is 8.54. The van der Waals surface area contributed by atoms with Crippen LogP contribution in [-0.4, -0.2) is 57.3 Å². The topological polar surface area (TPSA) is 78.9 Å². The second-order valence-corrected chi connectivity index (χ2v) is 5.10. The van der Waals surface area contributed by atoms with Crippen LogP contribution in [0.2, 0.25) is 0 Å². The fourth-order valence-corrected chi connectivity index (χ4v) is 2.53. The second kappa shape index (κ2) is 6.39. The van der Waals surface area contributed by atoms with E-state index < -0.39 is 10.2 Å². The highest BCUT2D eigenvalue weighted by Gasteiger charge is 2.23. The minimum absolute atomic E-state index is 0.0965. The van der Waals surface area contributed by atoms with Crippen LogP contribution in [0, 0.1) is 0 Å². The van der Waals surface area contributed by atoms with Crippen LogP contribution in [0.3, 0.4) is 0 Å². The van der Waals surface area contributed by atoms with Crippen molar-refractivity contribution in [2.45, 2.75) is 12.8 Å². The van der Waals surface area contributed by atoms with Crippen LogP contribution in [-0.2, 0) is 14.9 Å². The van der Waals surface area contributed by atoms with E-state index >= 15 is 0 Å². The van der Waals surface area contributed by atoms with E-state index in [4.69, 9.17) is 9.84 Å². The first kappa shape index (κ1) is 12.9.